The Kier molecular flexibility index (Phi) is 37.9. The number of carbonyl (C=O) groups excluding carboxylic acids is 14. The standard InChI is InChI=1S/C78H107N15O23S2/c1-40(2)29-50(85-73(110)61-14-10-28-93(61)77(114)63(79)41(3)4)66(103)82-51(31-44-15-21-47(98)22-16-44)67(104)83-52(32-45-17-23-48(99)24-18-45)68(105)89-58(38-117)71(108)84-53(30-43-11-7-6-8-12-43)69(106)91-64(42(5)97)75(112)90-59(39-118)72(109)86-55(35-94)65(102)80-34-62(101)81-54(33-46-19-25-49(100)26-20-46)76(113)92-27-9-13-60(92)74(111)87-56(36-95)70(107)88-57(37-96)78(115)116/h6-8,11-12,15-26,40-42,50-61,63-64,94-100,117-118H,9-10,13-14,27-39,79H2,1-5H3,(H,80,102)(H,81,101)(H,82,103)(H,83,104)(H,84,108)(H,85,110)(H,86,109)(H,87,111)(H,88,107)(H,89,105)(H,90,112)(H,91,106)(H,115,116)/t42-,50+,51+,52+,53+,54+,55+,56+,57+,58+,59+,60+,61+,63+,64+/m1/s1. The van der Waals surface area contributed by atoms with Crippen molar-refractivity contribution in [2.45, 2.75) is 183 Å². The van der Waals surface area contributed by atoms with Crippen LogP contribution in [0.2, 0.25) is 0 Å². The number of nitrogens with zero attached hydrogens (tertiary/aromatic N) is 2. The molecule has 38 nitrogen and oxygen atoms in total. The van der Waals surface area contributed by atoms with Crippen LogP contribution in [0.25, 0.3) is 0 Å². The summed E-state index contributed by atoms with van der Waals surface area (Å²) in [6.07, 6.45) is -1.71. The van der Waals surface area contributed by atoms with Gasteiger partial charge in [-0.2, -0.15) is 25.3 Å². The van der Waals surface area contributed by atoms with Crippen molar-refractivity contribution in [1.29, 1.82) is 0 Å². The van der Waals surface area contributed by atoms with Gasteiger partial charge in [0.15, 0.2) is 0 Å². The molecule has 15 atom stereocenters. The molecule has 0 spiro atoms. The molecule has 6 rings (SSSR count). The summed E-state index contributed by atoms with van der Waals surface area (Å²) in [7, 11) is 0. The van der Waals surface area contributed by atoms with Crippen molar-refractivity contribution in [2.75, 3.05) is 51.0 Å². The van der Waals surface area contributed by atoms with Crippen LogP contribution in [0.3, 0.4) is 0 Å². The van der Waals surface area contributed by atoms with Gasteiger partial charge in [-0.05, 0) is 110 Å². The molecule has 644 valence electrons. The van der Waals surface area contributed by atoms with E-state index in [0.29, 0.717) is 35.1 Å². The Labute approximate surface area is 691 Å². The van der Waals surface area contributed by atoms with Crippen molar-refractivity contribution in [1.82, 2.24) is 73.6 Å². The first kappa shape index (κ1) is 95.7. The fourth-order valence-corrected chi connectivity index (χ4v) is 13.4. The van der Waals surface area contributed by atoms with Crippen LogP contribution in [-0.2, 0) is 97.6 Å². The summed E-state index contributed by atoms with van der Waals surface area (Å²) in [5, 5.41) is 110. The molecule has 4 aromatic carbocycles. The van der Waals surface area contributed by atoms with Gasteiger partial charge in [0.2, 0.25) is 82.7 Å². The number of hydrogen-bond donors (Lipinski definition) is 23. The summed E-state index contributed by atoms with van der Waals surface area (Å²) < 4.78 is 0. The number of nitrogens with one attached hydrogen (secondary N) is 12. The molecule has 2 aliphatic heterocycles. The first-order valence-electron chi connectivity index (χ1n) is 38.3. The highest BCUT2D eigenvalue weighted by molar-refractivity contribution is 7.80. The molecule has 2 heterocycles. The highest BCUT2D eigenvalue weighted by atomic mass is 32.1. The second-order valence-corrected chi connectivity index (χ2v) is 30.2. The number of hydrogen-bond acceptors (Lipinski definition) is 25. The van der Waals surface area contributed by atoms with Gasteiger partial charge in [0.05, 0.1) is 38.5 Å². The lowest BCUT2D eigenvalue weighted by Crippen LogP contribution is -2.63. The minimum absolute atomic E-state index is 0.0330. The Hall–Kier alpha value is -11.2. The van der Waals surface area contributed by atoms with Crippen molar-refractivity contribution in [3.63, 3.8) is 0 Å². The maximum absolute atomic E-state index is 14.9. The number of rotatable bonds is 44. The van der Waals surface area contributed by atoms with Crippen LogP contribution in [0.15, 0.2) is 103 Å². The molecular weight excluding hydrogens is 1580 g/mol. The fourth-order valence-electron chi connectivity index (χ4n) is 12.9. The van der Waals surface area contributed by atoms with E-state index in [1.807, 2.05) is 19.2 Å². The SMILES string of the molecule is CC(C)C[C@H](NC(=O)[C@@H]1CCCN1C(=O)[C@@H](N)C(C)C)C(=O)N[C@@H](Cc1ccc(O)cc1)C(=O)N[C@@H](Cc1ccc(O)cc1)C(=O)N[C@@H](CS)C(=O)N[C@@H](Cc1ccccc1)C(=O)N[C@H](C(=O)N[C@@H](CS)C(=O)N[C@@H](CO)C(=O)NCC(=O)N[C@@H](Cc1ccc(O)cc1)C(=O)N1CCC[C@H]1C(=O)N[C@@H](CO)C(=O)N[C@@H](CO)C(=O)O)[C@@H](C)O. The van der Waals surface area contributed by atoms with E-state index in [4.69, 9.17) is 5.73 Å². The van der Waals surface area contributed by atoms with E-state index in [2.05, 4.69) is 83.7 Å². The van der Waals surface area contributed by atoms with Crippen molar-refractivity contribution < 1.29 is 113 Å². The van der Waals surface area contributed by atoms with Crippen LogP contribution in [0.4, 0.5) is 0 Å². The van der Waals surface area contributed by atoms with E-state index in [0.717, 1.165) is 11.8 Å². The zero-order chi connectivity index (χ0) is 87.2. The van der Waals surface area contributed by atoms with Crippen LogP contribution in [-0.4, -0.2) is 281 Å². The van der Waals surface area contributed by atoms with Gasteiger partial charge >= 0.3 is 5.97 Å². The van der Waals surface area contributed by atoms with Crippen LogP contribution >= 0.6 is 25.3 Å². The molecule has 0 bridgehead atoms. The van der Waals surface area contributed by atoms with Gasteiger partial charge in [-0.1, -0.05) is 94.4 Å². The van der Waals surface area contributed by atoms with Crippen molar-refractivity contribution in [3.05, 3.63) is 125 Å². The molecule has 118 heavy (non-hydrogen) atoms. The minimum atomic E-state index is -1.92. The Morgan fingerprint density at radius 3 is 1.17 bits per heavy atom. The number of benzene rings is 4. The molecule has 2 fully saturated rings. The maximum Gasteiger partial charge on any atom is 0.328 e. The van der Waals surface area contributed by atoms with Crippen LogP contribution < -0.4 is 69.5 Å². The van der Waals surface area contributed by atoms with E-state index in [1.54, 1.807) is 44.2 Å². The fraction of sp³-hybridized carbons (Fsp3) is 0.500. The first-order valence-corrected chi connectivity index (χ1v) is 39.6. The summed E-state index contributed by atoms with van der Waals surface area (Å²) in [4.78, 5) is 211. The molecule has 0 aromatic heterocycles. The number of carboxylic acid groups (broad SMARTS) is 1. The number of nitrogens with two attached hydrogens (primary N) is 1. The van der Waals surface area contributed by atoms with Gasteiger partial charge in [0.1, 0.15) is 95.8 Å². The molecule has 2 aliphatic rings. The van der Waals surface area contributed by atoms with Crippen molar-refractivity contribution in [2.24, 2.45) is 17.6 Å². The lowest BCUT2D eigenvalue weighted by Gasteiger charge is -2.30. The highest BCUT2D eigenvalue weighted by Gasteiger charge is 2.43. The summed E-state index contributed by atoms with van der Waals surface area (Å²) in [6, 6.07) is 3.70. The number of aliphatic carboxylic acids is 1. The lowest BCUT2D eigenvalue weighted by atomic mass is 9.99. The zero-order valence-corrected chi connectivity index (χ0v) is 67.5. The number of aliphatic hydroxyl groups excluding tert-OH is 4. The monoisotopic (exact) mass is 1690 g/mol. The average Bonchev–Trinajstić information content (AvgIpc) is 1.64. The molecular formula is C78H107N15O23S2. The van der Waals surface area contributed by atoms with E-state index in [9.17, 15) is 113 Å². The number of thiol groups is 2. The van der Waals surface area contributed by atoms with E-state index in [-0.39, 0.29) is 87.1 Å². The van der Waals surface area contributed by atoms with Gasteiger partial charge < -0.3 is 120 Å². The molecule has 22 N–H and O–H groups in total. The minimum Gasteiger partial charge on any atom is -0.508 e. The topological polar surface area (TPSA) is 595 Å². The summed E-state index contributed by atoms with van der Waals surface area (Å²) in [6.45, 7) is 4.44. The Bertz CT molecular complexity index is 4130. The third-order valence-electron chi connectivity index (χ3n) is 19.5. The smallest absolute Gasteiger partial charge is 0.328 e. The molecule has 0 unspecified atom stereocenters. The predicted octanol–water partition coefficient (Wildman–Crippen LogP) is -5.16. The first-order chi connectivity index (χ1) is 56.0. The third-order valence-corrected chi connectivity index (χ3v) is 20.2. The van der Waals surface area contributed by atoms with Gasteiger partial charge in [0, 0.05) is 50.3 Å². The molecule has 40 heteroatoms. The molecule has 2 saturated heterocycles. The molecule has 14 amide bonds. The molecule has 0 saturated carbocycles. The Morgan fingerprint density at radius 1 is 0.415 bits per heavy atom. The number of amides is 14. The Morgan fingerprint density at radius 2 is 0.763 bits per heavy atom. The summed E-state index contributed by atoms with van der Waals surface area (Å²) >= 11 is 8.55. The number of carboxylic acids is 1. The normalized spacial score (nSPS) is 17.1. The number of carbonyl (C=O) groups is 15. The van der Waals surface area contributed by atoms with E-state index >= 15 is 0 Å². The van der Waals surface area contributed by atoms with Gasteiger partial charge in [-0.15, -0.1) is 0 Å². The van der Waals surface area contributed by atoms with Crippen molar-refractivity contribution >= 4 is 114 Å². The number of phenolic OH excluding ortho intramolecular Hbond substituents is 3. The maximum atomic E-state index is 14.9. The second-order valence-electron chi connectivity index (χ2n) is 29.4. The molecule has 4 aromatic rings. The number of aromatic hydroxyl groups is 3. The van der Waals surface area contributed by atoms with Crippen LogP contribution in [0, 0.1) is 11.8 Å². The van der Waals surface area contributed by atoms with Gasteiger partial charge in [0.25, 0.3) is 0 Å². The number of aliphatic hydroxyl groups is 4. The predicted molar refractivity (Wildman–Crippen MR) is 430 cm³/mol. The summed E-state index contributed by atoms with van der Waals surface area (Å²) in [5.41, 5.74) is 7.87. The van der Waals surface area contributed by atoms with E-state index in [1.165, 1.54) is 77.7 Å². The third kappa shape index (κ3) is 28.9. The quantitative estimate of drug-likeness (QED) is 0.0184. The highest BCUT2D eigenvalue weighted by Crippen LogP contribution is 2.24. The van der Waals surface area contributed by atoms with Crippen molar-refractivity contribution in [3.8, 4) is 17.2 Å². The largest absolute Gasteiger partial charge is 0.508 e. The molecule has 0 radical (unpaired) electrons. The summed E-state index contributed by atoms with van der Waals surface area (Å²) in [5.74, 6) is -16.8. The second kappa shape index (κ2) is 46.7. The molecule has 0 aliphatic carbocycles. The zero-order valence-electron chi connectivity index (χ0n) is 65.7. The van der Waals surface area contributed by atoms with E-state index < -0.39 is 217 Å². The number of phenols is 3. The Balaban J connectivity index is 1.14. The lowest BCUT2D eigenvalue weighted by molar-refractivity contribution is -0.144. The number of likely N-dealkylation sites (tertiary alicyclic amines) is 2. The average molecular weight is 1690 g/mol. The van der Waals surface area contributed by atoms with Crippen LogP contribution in [0.1, 0.15) is 89.0 Å². The van der Waals surface area contributed by atoms with Gasteiger partial charge in [-0.25, -0.2) is 4.79 Å². The van der Waals surface area contributed by atoms with Gasteiger partial charge in [-0.3, -0.25) is 67.1 Å². The van der Waals surface area contributed by atoms with Crippen LogP contribution in [0.5, 0.6) is 17.2 Å².